The Bertz CT molecular complexity index is 1120. The van der Waals surface area contributed by atoms with Crippen molar-refractivity contribution in [3.05, 3.63) is 108 Å². The summed E-state index contributed by atoms with van der Waals surface area (Å²) in [6.07, 6.45) is 0.980. The third kappa shape index (κ3) is 5.84. The van der Waals surface area contributed by atoms with Crippen LogP contribution >= 0.6 is 0 Å². The Labute approximate surface area is 220 Å². The van der Waals surface area contributed by atoms with E-state index in [0.29, 0.717) is 5.92 Å². The smallest absolute Gasteiger partial charge is 0.212 e. The van der Waals surface area contributed by atoms with Gasteiger partial charge in [-0.3, -0.25) is 4.48 Å². The molecule has 1 unspecified atom stereocenters. The first kappa shape index (κ1) is 25.7. The Morgan fingerprint density at radius 3 is 1.97 bits per heavy atom. The molecule has 0 radical (unpaired) electrons. The van der Waals surface area contributed by atoms with Gasteiger partial charge in [0.2, 0.25) is 5.52 Å². The molecule has 0 aliphatic heterocycles. The van der Waals surface area contributed by atoms with Crippen LogP contribution in [0.15, 0.2) is 91.0 Å². The summed E-state index contributed by atoms with van der Waals surface area (Å²) >= 11 is 0. The van der Waals surface area contributed by atoms with Gasteiger partial charge < -0.3 is 48.0 Å². The molecule has 3 aromatic carbocycles. The molecule has 0 fully saturated rings. The summed E-state index contributed by atoms with van der Waals surface area (Å²) in [6, 6.07) is 33.1. The molecule has 4 heteroatoms. The second-order valence-corrected chi connectivity index (χ2v) is 8.72. The van der Waals surface area contributed by atoms with Gasteiger partial charge in [0.1, 0.15) is 12.7 Å². The van der Waals surface area contributed by atoms with E-state index < -0.39 is 0 Å². The van der Waals surface area contributed by atoms with E-state index in [4.69, 9.17) is 0 Å². The van der Waals surface area contributed by atoms with Gasteiger partial charge in [-0.1, -0.05) is 54.6 Å². The number of para-hydroxylation sites is 1. The molecule has 0 bridgehead atoms. The van der Waals surface area contributed by atoms with Gasteiger partial charge in [0.25, 0.3) is 0 Å². The number of hydrogen-bond donors (Lipinski definition) is 0. The quantitative estimate of drug-likeness (QED) is 0.154. The minimum atomic E-state index is 0. The predicted molar refractivity (Wildman–Crippen MR) is 123 cm³/mol. The third-order valence-electron chi connectivity index (χ3n) is 5.83. The zero-order chi connectivity index (χ0) is 20.4. The molecular formula is C27H30I2N2. The molecule has 1 atom stereocenters. The Hall–Kier alpha value is -1.51. The maximum atomic E-state index is 2.35. The van der Waals surface area contributed by atoms with Gasteiger partial charge in [0.15, 0.2) is 5.69 Å². The van der Waals surface area contributed by atoms with Crippen molar-refractivity contribution in [2.24, 2.45) is 7.05 Å². The fourth-order valence-electron chi connectivity index (χ4n) is 4.10. The number of quaternary nitrogens is 1. The minimum Gasteiger partial charge on any atom is -1.00 e. The number of aromatic nitrogens is 1. The number of aryl methyl sites for hydroxylation is 1. The summed E-state index contributed by atoms with van der Waals surface area (Å²) in [5, 5.41) is 1.28. The first-order chi connectivity index (χ1) is 13.9. The van der Waals surface area contributed by atoms with Crippen LogP contribution < -0.4 is 57.0 Å². The Morgan fingerprint density at radius 2 is 1.32 bits per heavy atom. The lowest BCUT2D eigenvalue weighted by Crippen LogP contribution is -3.00. The molecule has 0 N–H and O–H groups in total. The van der Waals surface area contributed by atoms with Gasteiger partial charge >= 0.3 is 0 Å². The number of halogens is 2. The maximum Gasteiger partial charge on any atom is 0.212 e. The fourth-order valence-corrected chi connectivity index (χ4v) is 4.10. The SMILES string of the molecule is C[n+]1c(C(Cc2ccc([N+](C)(C)C)cc2)c2ccccc2)ccc2ccccc21.[I-].[I-]. The fraction of sp³-hybridized carbons (Fsp3) is 0.222. The van der Waals surface area contributed by atoms with E-state index in [0.717, 1.165) is 10.9 Å². The standard InChI is InChI=1S/C27H30N2.2HI/c1-28-26-13-9-8-12-23(26)16-19-27(28)25(22-10-6-5-7-11-22)20-21-14-17-24(18-15-21)29(2,3)4;;/h5-19,25H,20H2,1-4H3;2*1H/q+2;;/p-2. The van der Waals surface area contributed by atoms with Gasteiger partial charge in [0.05, 0.1) is 27.1 Å². The molecule has 4 aromatic rings. The predicted octanol–water partition coefficient (Wildman–Crippen LogP) is -0.756. The molecule has 31 heavy (non-hydrogen) atoms. The van der Waals surface area contributed by atoms with Crippen molar-refractivity contribution in [1.29, 1.82) is 0 Å². The molecule has 0 aliphatic carbocycles. The average molecular weight is 636 g/mol. The maximum absolute atomic E-state index is 2.35. The van der Waals surface area contributed by atoms with Gasteiger partial charge in [0, 0.05) is 17.5 Å². The molecule has 4 rings (SSSR count). The molecule has 1 aromatic heterocycles. The zero-order valence-corrected chi connectivity index (χ0v) is 22.9. The van der Waals surface area contributed by atoms with Crippen LogP contribution in [0.2, 0.25) is 0 Å². The lowest BCUT2D eigenvalue weighted by Gasteiger charge is -2.23. The van der Waals surface area contributed by atoms with Crippen molar-refractivity contribution in [1.82, 2.24) is 4.48 Å². The number of hydrogen-bond acceptors (Lipinski definition) is 0. The van der Waals surface area contributed by atoms with Crippen molar-refractivity contribution in [2.45, 2.75) is 12.3 Å². The molecular weight excluding hydrogens is 606 g/mol. The number of benzene rings is 3. The molecule has 2 nitrogen and oxygen atoms in total. The van der Waals surface area contributed by atoms with Gasteiger partial charge in [-0.05, 0) is 41.8 Å². The van der Waals surface area contributed by atoms with Gasteiger partial charge in [-0.25, -0.2) is 0 Å². The molecule has 0 saturated carbocycles. The molecule has 0 spiro atoms. The Balaban J connectivity index is 0.00000171. The normalized spacial score (nSPS) is 12.0. The van der Waals surface area contributed by atoms with Crippen LogP contribution in [0.1, 0.15) is 22.7 Å². The van der Waals surface area contributed by atoms with Gasteiger partial charge in [-0.15, -0.1) is 0 Å². The number of nitrogens with zero attached hydrogens (tertiary/aromatic N) is 2. The van der Waals surface area contributed by atoms with Crippen molar-refractivity contribution in [3.63, 3.8) is 0 Å². The monoisotopic (exact) mass is 636 g/mol. The first-order valence-corrected chi connectivity index (χ1v) is 10.3. The average Bonchev–Trinajstić information content (AvgIpc) is 2.73. The van der Waals surface area contributed by atoms with Crippen LogP contribution in [-0.4, -0.2) is 21.1 Å². The summed E-state index contributed by atoms with van der Waals surface area (Å²) in [4.78, 5) is 0. The second-order valence-electron chi connectivity index (χ2n) is 8.72. The highest BCUT2D eigenvalue weighted by Gasteiger charge is 2.24. The van der Waals surface area contributed by atoms with Crippen LogP contribution in [0.5, 0.6) is 0 Å². The highest BCUT2D eigenvalue weighted by molar-refractivity contribution is 5.75. The van der Waals surface area contributed by atoms with Crippen molar-refractivity contribution >= 4 is 16.6 Å². The second kappa shape index (κ2) is 10.9. The van der Waals surface area contributed by atoms with E-state index in [2.05, 4.69) is 124 Å². The van der Waals surface area contributed by atoms with E-state index in [1.807, 2.05) is 0 Å². The van der Waals surface area contributed by atoms with E-state index in [1.165, 1.54) is 33.4 Å². The third-order valence-corrected chi connectivity index (χ3v) is 5.83. The van der Waals surface area contributed by atoms with E-state index in [1.54, 1.807) is 0 Å². The van der Waals surface area contributed by atoms with Gasteiger partial charge in [-0.2, -0.15) is 4.57 Å². The summed E-state index contributed by atoms with van der Waals surface area (Å²) in [5.41, 5.74) is 6.65. The van der Waals surface area contributed by atoms with Crippen molar-refractivity contribution < 1.29 is 52.5 Å². The molecule has 1 heterocycles. The zero-order valence-electron chi connectivity index (χ0n) is 18.6. The largest absolute Gasteiger partial charge is 1.00 e. The van der Waals surface area contributed by atoms with E-state index in [9.17, 15) is 0 Å². The Morgan fingerprint density at radius 1 is 0.710 bits per heavy atom. The van der Waals surface area contributed by atoms with Crippen molar-refractivity contribution in [3.8, 4) is 0 Å². The molecule has 162 valence electrons. The lowest BCUT2D eigenvalue weighted by atomic mass is 9.88. The topological polar surface area (TPSA) is 3.88 Å². The van der Waals surface area contributed by atoms with E-state index in [-0.39, 0.29) is 48.0 Å². The molecule has 0 amide bonds. The number of rotatable bonds is 5. The van der Waals surface area contributed by atoms with Crippen LogP contribution in [0.4, 0.5) is 5.69 Å². The summed E-state index contributed by atoms with van der Waals surface area (Å²) < 4.78 is 3.19. The summed E-state index contributed by atoms with van der Waals surface area (Å²) in [6.45, 7) is 0. The van der Waals surface area contributed by atoms with Crippen LogP contribution in [0.3, 0.4) is 0 Å². The number of pyridine rings is 1. The lowest BCUT2D eigenvalue weighted by molar-refractivity contribution is -0.653. The highest BCUT2D eigenvalue weighted by Crippen LogP contribution is 2.29. The van der Waals surface area contributed by atoms with E-state index >= 15 is 0 Å². The first-order valence-electron chi connectivity index (χ1n) is 10.3. The summed E-state index contributed by atoms with van der Waals surface area (Å²) in [5.74, 6) is 0.306. The molecule has 0 saturated heterocycles. The molecule has 0 aliphatic rings. The summed E-state index contributed by atoms with van der Waals surface area (Å²) in [7, 11) is 8.80. The van der Waals surface area contributed by atoms with Crippen LogP contribution in [-0.2, 0) is 13.5 Å². The van der Waals surface area contributed by atoms with Crippen LogP contribution in [0, 0.1) is 0 Å². The van der Waals surface area contributed by atoms with Crippen LogP contribution in [0.25, 0.3) is 10.9 Å². The Kier molecular flexibility index (Phi) is 9.03. The number of fused-ring (bicyclic) bond motifs is 1. The van der Waals surface area contributed by atoms with Crippen molar-refractivity contribution in [2.75, 3.05) is 21.1 Å². The highest BCUT2D eigenvalue weighted by atomic mass is 127. The minimum absolute atomic E-state index is 0.